The summed E-state index contributed by atoms with van der Waals surface area (Å²) in [7, 11) is 3.85. The van der Waals surface area contributed by atoms with Crippen LogP contribution in [-0.2, 0) is 9.53 Å². The molecule has 0 aliphatic carbocycles. The van der Waals surface area contributed by atoms with E-state index in [2.05, 4.69) is 10.6 Å². The van der Waals surface area contributed by atoms with Crippen molar-refractivity contribution in [3.05, 3.63) is 23.2 Å². The second kappa shape index (κ2) is 7.64. The van der Waals surface area contributed by atoms with Crippen molar-refractivity contribution in [2.75, 3.05) is 44.0 Å². The third-order valence-corrected chi connectivity index (χ3v) is 3.63. The zero-order chi connectivity index (χ0) is 15.2. The van der Waals surface area contributed by atoms with E-state index >= 15 is 0 Å². The van der Waals surface area contributed by atoms with Crippen LogP contribution in [0.5, 0.6) is 0 Å². The lowest BCUT2D eigenvalue weighted by Gasteiger charge is -2.18. The van der Waals surface area contributed by atoms with Gasteiger partial charge in [-0.2, -0.15) is 0 Å². The average molecular weight is 312 g/mol. The Bertz CT molecular complexity index is 488. The van der Waals surface area contributed by atoms with Gasteiger partial charge in [0.1, 0.15) is 0 Å². The second-order valence-corrected chi connectivity index (χ2v) is 5.81. The number of rotatable bonds is 6. The molecular weight excluding hydrogens is 290 g/mol. The van der Waals surface area contributed by atoms with Crippen molar-refractivity contribution in [2.45, 2.75) is 18.9 Å². The number of carbonyl (C=O) groups is 1. The van der Waals surface area contributed by atoms with Gasteiger partial charge in [-0.3, -0.25) is 4.79 Å². The molecule has 0 spiro atoms. The molecule has 5 nitrogen and oxygen atoms in total. The van der Waals surface area contributed by atoms with E-state index in [4.69, 9.17) is 16.3 Å². The maximum atomic E-state index is 12.0. The van der Waals surface area contributed by atoms with E-state index in [-0.39, 0.29) is 18.6 Å². The van der Waals surface area contributed by atoms with Crippen molar-refractivity contribution in [1.82, 2.24) is 5.32 Å². The van der Waals surface area contributed by atoms with Crippen molar-refractivity contribution in [3.8, 4) is 0 Å². The quantitative estimate of drug-likeness (QED) is 0.845. The molecule has 1 fully saturated rings. The van der Waals surface area contributed by atoms with Crippen LogP contribution in [0.1, 0.15) is 12.8 Å². The van der Waals surface area contributed by atoms with Gasteiger partial charge in [-0.1, -0.05) is 11.6 Å². The minimum atomic E-state index is -0.0848. The maximum Gasteiger partial charge on any atom is 0.238 e. The summed E-state index contributed by atoms with van der Waals surface area (Å²) in [6, 6.07) is 5.45. The summed E-state index contributed by atoms with van der Waals surface area (Å²) in [5.74, 6) is -0.0848. The van der Waals surface area contributed by atoms with Crippen LogP contribution in [0.4, 0.5) is 11.4 Å². The Hall–Kier alpha value is -1.30. The van der Waals surface area contributed by atoms with Crippen LogP contribution in [0, 0.1) is 0 Å². The first kappa shape index (κ1) is 16.1. The first-order valence-corrected chi connectivity index (χ1v) is 7.53. The molecule has 6 heteroatoms. The zero-order valence-electron chi connectivity index (χ0n) is 12.5. The van der Waals surface area contributed by atoms with E-state index in [0.717, 1.165) is 30.8 Å². The lowest BCUT2D eigenvalue weighted by molar-refractivity contribution is -0.115. The summed E-state index contributed by atoms with van der Waals surface area (Å²) in [5.41, 5.74) is 1.64. The lowest BCUT2D eigenvalue weighted by atomic mass is 10.2. The number of ether oxygens (including phenoxy) is 1. The van der Waals surface area contributed by atoms with E-state index in [0.29, 0.717) is 11.6 Å². The van der Waals surface area contributed by atoms with Crippen LogP contribution in [0.25, 0.3) is 0 Å². The fraction of sp³-hybridized carbons (Fsp3) is 0.533. The fourth-order valence-corrected chi connectivity index (χ4v) is 2.52. The number of halogens is 1. The van der Waals surface area contributed by atoms with Crippen LogP contribution in [0.3, 0.4) is 0 Å². The highest BCUT2D eigenvalue weighted by molar-refractivity contribution is 6.31. The highest BCUT2D eigenvalue weighted by atomic mass is 35.5. The Morgan fingerprint density at radius 2 is 2.29 bits per heavy atom. The average Bonchev–Trinajstić information content (AvgIpc) is 2.91. The van der Waals surface area contributed by atoms with Gasteiger partial charge in [-0.15, -0.1) is 0 Å². The van der Waals surface area contributed by atoms with E-state index < -0.39 is 0 Å². The molecule has 1 aliphatic rings. The number of nitrogens with one attached hydrogen (secondary N) is 2. The Morgan fingerprint density at radius 3 is 2.95 bits per heavy atom. The van der Waals surface area contributed by atoms with Crippen molar-refractivity contribution >= 4 is 28.9 Å². The van der Waals surface area contributed by atoms with Gasteiger partial charge in [0, 0.05) is 32.3 Å². The molecule has 1 aromatic rings. The lowest BCUT2D eigenvalue weighted by Crippen LogP contribution is -2.33. The summed E-state index contributed by atoms with van der Waals surface area (Å²) in [4.78, 5) is 13.9. The summed E-state index contributed by atoms with van der Waals surface area (Å²) in [6.07, 6.45) is 2.40. The van der Waals surface area contributed by atoms with Crippen LogP contribution in [-0.4, -0.2) is 45.8 Å². The topological polar surface area (TPSA) is 53.6 Å². The van der Waals surface area contributed by atoms with Crippen molar-refractivity contribution in [3.63, 3.8) is 0 Å². The molecule has 2 rings (SSSR count). The Balaban J connectivity index is 1.85. The van der Waals surface area contributed by atoms with Crippen molar-refractivity contribution < 1.29 is 9.53 Å². The highest BCUT2D eigenvalue weighted by Gasteiger charge is 2.15. The summed E-state index contributed by atoms with van der Waals surface area (Å²) >= 11 is 5.99. The van der Waals surface area contributed by atoms with Crippen LogP contribution in [0.2, 0.25) is 5.02 Å². The monoisotopic (exact) mass is 311 g/mol. The largest absolute Gasteiger partial charge is 0.377 e. The van der Waals surface area contributed by atoms with Crippen LogP contribution >= 0.6 is 11.6 Å². The predicted molar refractivity (Wildman–Crippen MR) is 86.3 cm³/mol. The molecule has 1 atom stereocenters. The normalized spacial score (nSPS) is 17.8. The third kappa shape index (κ3) is 4.88. The molecule has 0 aromatic heterocycles. The molecule has 1 amide bonds. The second-order valence-electron chi connectivity index (χ2n) is 5.37. The Kier molecular flexibility index (Phi) is 5.85. The first-order valence-electron chi connectivity index (χ1n) is 7.15. The van der Waals surface area contributed by atoms with Crippen LogP contribution < -0.4 is 15.5 Å². The van der Waals surface area contributed by atoms with Gasteiger partial charge >= 0.3 is 0 Å². The van der Waals surface area contributed by atoms with Gasteiger partial charge in [-0.05, 0) is 31.0 Å². The molecule has 116 valence electrons. The number of amides is 1. The van der Waals surface area contributed by atoms with Gasteiger partial charge in [-0.25, -0.2) is 0 Å². The molecule has 21 heavy (non-hydrogen) atoms. The smallest absolute Gasteiger partial charge is 0.238 e. The Labute approximate surface area is 130 Å². The van der Waals surface area contributed by atoms with Crippen LogP contribution in [0.15, 0.2) is 18.2 Å². The van der Waals surface area contributed by atoms with Gasteiger partial charge in [0.15, 0.2) is 0 Å². The maximum absolute atomic E-state index is 12.0. The minimum Gasteiger partial charge on any atom is -0.377 e. The molecule has 0 saturated carbocycles. The number of hydrogen-bond acceptors (Lipinski definition) is 4. The van der Waals surface area contributed by atoms with Gasteiger partial charge < -0.3 is 20.3 Å². The summed E-state index contributed by atoms with van der Waals surface area (Å²) < 4.78 is 5.50. The number of benzene rings is 1. The Morgan fingerprint density at radius 1 is 1.48 bits per heavy atom. The summed E-state index contributed by atoms with van der Waals surface area (Å²) in [5, 5.41) is 6.62. The predicted octanol–water partition coefficient (Wildman–Crippen LogP) is 2.11. The molecule has 0 radical (unpaired) electrons. The molecule has 2 N–H and O–H groups in total. The highest BCUT2D eigenvalue weighted by Crippen LogP contribution is 2.27. The van der Waals surface area contributed by atoms with Crippen molar-refractivity contribution in [1.29, 1.82) is 0 Å². The number of hydrogen-bond donors (Lipinski definition) is 2. The zero-order valence-corrected chi connectivity index (χ0v) is 13.2. The molecule has 0 bridgehead atoms. The molecule has 1 aromatic carbocycles. The SMILES string of the molecule is CN(C)c1ccc(Cl)cc1NC(=O)CNCC1CCCO1. The first-order chi connectivity index (χ1) is 10.1. The molecule has 1 saturated heterocycles. The molecular formula is C15H22ClN3O2. The third-order valence-electron chi connectivity index (χ3n) is 3.40. The van der Waals surface area contributed by atoms with E-state index in [1.165, 1.54) is 0 Å². The number of carbonyl (C=O) groups excluding carboxylic acids is 1. The van der Waals surface area contributed by atoms with Gasteiger partial charge in [0.25, 0.3) is 0 Å². The molecule has 1 unspecified atom stereocenters. The van der Waals surface area contributed by atoms with E-state index in [9.17, 15) is 4.79 Å². The fourth-order valence-electron chi connectivity index (χ4n) is 2.34. The van der Waals surface area contributed by atoms with Gasteiger partial charge in [0.2, 0.25) is 5.91 Å². The number of nitrogens with zero attached hydrogens (tertiary/aromatic N) is 1. The van der Waals surface area contributed by atoms with E-state index in [1.807, 2.05) is 31.1 Å². The standard InChI is InChI=1S/C15H22ClN3O2/c1-19(2)14-6-5-11(16)8-13(14)18-15(20)10-17-9-12-4-3-7-21-12/h5-6,8,12,17H,3-4,7,9-10H2,1-2H3,(H,18,20). The summed E-state index contributed by atoms with van der Waals surface area (Å²) in [6.45, 7) is 1.80. The number of anilines is 2. The minimum absolute atomic E-state index is 0.0848. The molecule has 1 heterocycles. The van der Waals surface area contributed by atoms with Crippen molar-refractivity contribution in [2.24, 2.45) is 0 Å². The van der Waals surface area contributed by atoms with Gasteiger partial charge in [0.05, 0.1) is 24.0 Å². The molecule has 1 aliphatic heterocycles. The van der Waals surface area contributed by atoms with E-state index in [1.54, 1.807) is 6.07 Å².